The number of carbonyl (C=O) groups excluding carboxylic acids is 3. The van der Waals surface area contributed by atoms with Gasteiger partial charge in [0.15, 0.2) is 0 Å². The third-order valence-electron chi connectivity index (χ3n) is 6.76. The van der Waals surface area contributed by atoms with Crippen molar-refractivity contribution in [1.29, 1.82) is 0 Å². The van der Waals surface area contributed by atoms with Crippen molar-refractivity contribution in [3.8, 4) is 5.75 Å². The fourth-order valence-corrected chi connectivity index (χ4v) is 4.83. The number of fused-ring (bicyclic) bond motifs is 2. The van der Waals surface area contributed by atoms with Crippen LogP contribution in [0.15, 0.2) is 48.5 Å². The number of likely N-dealkylation sites (N-methyl/N-ethyl adjacent to an activating group) is 1. The van der Waals surface area contributed by atoms with Crippen LogP contribution in [0.4, 0.5) is 5.69 Å². The van der Waals surface area contributed by atoms with E-state index in [1.165, 1.54) is 5.56 Å². The first-order valence-electron chi connectivity index (χ1n) is 12.7. The summed E-state index contributed by atoms with van der Waals surface area (Å²) in [6, 6.07) is 15.0. The van der Waals surface area contributed by atoms with Gasteiger partial charge in [-0.2, -0.15) is 0 Å². The molecule has 3 atom stereocenters. The SMILES string of the molecule is CCCC(=O)Nc1ccc2c(c1)C(=O)N(C)[C@@H]1CC[C@@H](CC(=O)NCCc3ccccc3)O[C@H]1CO2. The summed E-state index contributed by atoms with van der Waals surface area (Å²) in [7, 11) is 1.78. The van der Waals surface area contributed by atoms with Crippen molar-refractivity contribution in [1.82, 2.24) is 10.2 Å². The van der Waals surface area contributed by atoms with Crippen LogP contribution in [-0.2, 0) is 20.7 Å². The number of anilines is 1. The molecule has 1 saturated heterocycles. The third kappa shape index (κ3) is 6.43. The van der Waals surface area contributed by atoms with Gasteiger partial charge >= 0.3 is 0 Å². The molecule has 2 aromatic rings. The molecule has 3 amide bonds. The Morgan fingerprint density at radius 1 is 1.08 bits per heavy atom. The second-order valence-electron chi connectivity index (χ2n) is 9.47. The predicted molar refractivity (Wildman–Crippen MR) is 137 cm³/mol. The molecule has 192 valence electrons. The molecule has 1 fully saturated rings. The van der Waals surface area contributed by atoms with Gasteiger partial charge in [0.2, 0.25) is 11.8 Å². The molecule has 2 aliphatic heterocycles. The topological polar surface area (TPSA) is 97.0 Å². The van der Waals surface area contributed by atoms with E-state index >= 15 is 0 Å². The molecule has 36 heavy (non-hydrogen) atoms. The van der Waals surface area contributed by atoms with Crippen molar-refractivity contribution >= 4 is 23.4 Å². The van der Waals surface area contributed by atoms with Gasteiger partial charge in [-0.15, -0.1) is 0 Å². The van der Waals surface area contributed by atoms with E-state index in [0.717, 1.165) is 19.3 Å². The van der Waals surface area contributed by atoms with Gasteiger partial charge in [-0.25, -0.2) is 0 Å². The molecule has 8 nitrogen and oxygen atoms in total. The van der Waals surface area contributed by atoms with Gasteiger partial charge in [0.1, 0.15) is 18.5 Å². The van der Waals surface area contributed by atoms with Gasteiger partial charge in [0, 0.05) is 25.7 Å². The van der Waals surface area contributed by atoms with Gasteiger partial charge in [0.25, 0.3) is 5.91 Å². The number of ether oxygens (including phenoxy) is 2. The molecule has 0 bridgehead atoms. The van der Waals surface area contributed by atoms with Gasteiger partial charge < -0.3 is 25.0 Å². The minimum Gasteiger partial charge on any atom is -0.490 e. The van der Waals surface area contributed by atoms with Crippen LogP contribution in [0.2, 0.25) is 0 Å². The number of rotatable bonds is 8. The Kier molecular flexibility index (Phi) is 8.59. The molecule has 4 rings (SSSR count). The van der Waals surface area contributed by atoms with Crippen molar-refractivity contribution < 1.29 is 23.9 Å². The molecule has 0 saturated carbocycles. The van der Waals surface area contributed by atoms with E-state index in [1.54, 1.807) is 30.1 Å². The largest absolute Gasteiger partial charge is 0.490 e. The second-order valence-corrected chi connectivity index (χ2v) is 9.47. The molecule has 0 radical (unpaired) electrons. The van der Waals surface area contributed by atoms with E-state index in [-0.39, 0.29) is 49.0 Å². The number of hydrogen-bond acceptors (Lipinski definition) is 5. The summed E-state index contributed by atoms with van der Waals surface area (Å²) < 4.78 is 12.3. The fourth-order valence-electron chi connectivity index (χ4n) is 4.83. The molecular formula is C28H35N3O5. The Morgan fingerprint density at radius 3 is 2.67 bits per heavy atom. The first-order chi connectivity index (χ1) is 17.4. The second kappa shape index (κ2) is 12.0. The zero-order chi connectivity index (χ0) is 25.5. The van der Waals surface area contributed by atoms with Crippen molar-refractivity contribution in [2.24, 2.45) is 0 Å². The molecule has 2 aliphatic rings. The maximum absolute atomic E-state index is 13.3. The normalized spacial score (nSPS) is 21.3. The average Bonchev–Trinajstić information content (AvgIpc) is 2.87. The number of nitrogens with one attached hydrogen (secondary N) is 2. The van der Waals surface area contributed by atoms with Crippen molar-refractivity contribution in [3.63, 3.8) is 0 Å². The van der Waals surface area contributed by atoms with E-state index in [0.29, 0.717) is 36.4 Å². The number of hydrogen-bond donors (Lipinski definition) is 2. The van der Waals surface area contributed by atoms with E-state index in [1.807, 2.05) is 37.3 Å². The van der Waals surface area contributed by atoms with Crippen molar-refractivity contribution in [2.45, 2.75) is 63.7 Å². The van der Waals surface area contributed by atoms with Gasteiger partial charge in [0.05, 0.1) is 24.1 Å². The van der Waals surface area contributed by atoms with Crippen LogP contribution in [0.5, 0.6) is 5.75 Å². The molecule has 0 spiro atoms. The predicted octanol–water partition coefficient (Wildman–Crippen LogP) is 3.55. The highest BCUT2D eigenvalue weighted by Crippen LogP contribution is 2.32. The fraction of sp³-hybridized carbons (Fsp3) is 0.464. The van der Waals surface area contributed by atoms with E-state index < -0.39 is 0 Å². The Morgan fingerprint density at radius 2 is 1.89 bits per heavy atom. The lowest BCUT2D eigenvalue weighted by Gasteiger charge is -2.42. The quantitative estimate of drug-likeness (QED) is 0.586. The van der Waals surface area contributed by atoms with Crippen LogP contribution in [-0.4, -0.2) is 61.1 Å². The molecule has 0 unspecified atom stereocenters. The van der Waals surface area contributed by atoms with Gasteiger partial charge in [-0.05, 0) is 49.4 Å². The Hall–Kier alpha value is -3.39. The number of benzene rings is 2. The number of amides is 3. The molecular weight excluding hydrogens is 458 g/mol. The van der Waals surface area contributed by atoms with Crippen LogP contribution in [0.1, 0.15) is 54.9 Å². The monoisotopic (exact) mass is 493 g/mol. The highest BCUT2D eigenvalue weighted by atomic mass is 16.5. The maximum atomic E-state index is 13.3. The Bertz CT molecular complexity index is 1070. The summed E-state index contributed by atoms with van der Waals surface area (Å²) >= 11 is 0. The smallest absolute Gasteiger partial charge is 0.257 e. The lowest BCUT2D eigenvalue weighted by Crippen LogP contribution is -2.54. The van der Waals surface area contributed by atoms with Crippen molar-refractivity contribution in [2.75, 3.05) is 25.5 Å². The van der Waals surface area contributed by atoms with Crippen LogP contribution in [0, 0.1) is 0 Å². The molecule has 0 aliphatic carbocycles. The Balaban J connectivity index is 1.34. The molecule has 2 aromatic carbocycles. The standard InChI is InChI=1S/C28H35N3O5/c1-3-7-26(32)30-20-10-13-24-22(16-20)28(34)31(2)23-12-11-21(36-25(23)18-35-24)17-27(33)29-15-14-19-8-5-4-6-9-19/h4-6,8-10,13,16,21,23,25H,3,7,11-12,14-15,17-18H2,1-2H3,(H,29,33)(H,30,32)/t21-,23+,25-/m0/s1. The zero-order valence-electron chi connectivity index (χ0n) is 21.0. The maximum Gasteiger partial charge on any atom is 0.257 e. The average molecular weight is 494 g/mol. The summed E-state index contributed by atoms with van der Waals surface area (Å²) in [5.74, 6) is 0.171. The Labute approximate surface area is 212 Å². The summed E-state index contributed by atoms with van der Waals surface area (Å²) in [6.45, 7) is 2.81. The van der Waals surface area contributed by atoms with Crippen LogP contribution in [0.25, 0.3) is 0 Å². The van der Waals surface area contributed by atoms with Gasteiger partial charge in [-0.3, -0.25) is 14.4 Å². The van der Waals surface area contributed by atoms with Crippen LogP contribution >= 0.6 is 0 Å². The first kappa shape index (κ1) is 25.7. The lowest BCUT2D eigenvalue weighted by atomic mass is 9.94. The molecule has 2 heterocycles. The summed E-state index contributed by atoms with van der Waals surface area (Å²) in [6.07, 6.45) is 3.11. The van der Waals surface area contributed by atoms with Crippen LogP contribution in [0.3, 0.4) is 0 Å². The highest BCUT2D eigenvalue weighted by Gasteiger charge is 2.39. The lowest BCUT2D eigenvalue weighted by molar-refractivity contribution is -0.134. The van der Waals surface area contributed by atoms with E-state index in [4.69, 9.17) is 9.47 Å². The third-order valence-corrected chi connectivity index (χ3v) is 6.76. The minimum atomic E-state index is -0.327. The minimum absolute atomic E-state index is 0.0337. The summed E-state index contributed by atoms with van der Waals surface area (Å²) in [4.78, 5) is 39.5. The van der Waals surface area contributed by atoms with E-state index in [2.05, 4.69) is 10.6 Å². The highest BCUT2D eigenvalue weighted by molar-refractivity contribution is 5.99. The summed E-state index contributed by atoms with van der Waals surface area (Å²) in [5.41, 5.74) is 2.18. The van der Waals surface area contributed by atoms with Gasteiger partial charge in [-0.1, -0.05) is 37.3 Å². The number of carbonyl (C=O) groups is 3. The number of nitrogens with zero attached hydrogens (tertiary/aromatic N) is 1. The molecule has 2 N–H and O–H groups in total. The van der Waals surface area contributed by atoms with Crippen LogP contribution < -0.4 is 15.4 Å². The van der Waals surface area contributed by atoms with Crippen molar-refractivity contribution in [3.05, 3.63) is 59.7 Å². The molecule has 0 aromatic heterocycles. The van der Waals surface area contributed by atoms with E-state index in [9.17, 15) is 14.4 Å². The first-order valence-corrected chi connectivity index (χ1v) is 12.7. The molecule has 8 heteroatoms. The zero-order valence-corrected chi connectivity index (χ0v) is 21.0. The summed E-state index contributed by atoms with van der Waals surface area (Å²) in [5, 5.41) is 5.82.